The predicted octanol–water partition coefficient (Wildman–Crippen LogP) is 4.80. The van der Waals surface area contributed by atoms with Crippen LogP contribution >= 0.6 is 0 Å². The first-order valence-electron chi connectivity index (χ1n) is 9.32. The Balaban J connectivity index is 1.43. The lowest BCUT2D eigenvalue weighted by Crippen LogP contribution is -2.30. The van der Waals surface area contributed by atoms with Crippen molar-refractivity contribution in [1.82, 2.24) is 4.90 Å². The van der Waals surface area contributed by atoms with Crippen molar-refractivity contribution in [2.75, 3.05) is 19.7 Å². The van der Waals surface area contributed by atoms with E-state index in [1.165, 1.54) is 69.0 Å². The Hall–Kier alpha value is -1.02. The third-order valence-electron chi connectivity index (χ3n) is 5.47. The summed E-state index contributed by atoms with van der Waals surface area (Å²) in [4.78, 5) is 2.51. The first-order valence-corrected chi connectivity index (χ1v) is 9.32. The first kappa shape index (κ1) is 15.9. The number of hydrogen-bond acceptors (Lipinski definition) is 2. The van der Waals surface area contributed by atoms with Gasteiger partial charge >= 0.3 is 0 Å². The van der Waals surface area contributed by atoms with E-state index in [9.17, 15) is 0 Å². The number of likely N-dealkylation sites (N-methyl/N-ethyl adjacent to an activating group) is 1. The number of rotatable bonds is 6. The molecule has 2 heteroatoms. The van der Waals surface area contributed by atoms with Crippen LogP contribution in [-0.4, -0.2) is 24.6 Å². The summed E-state index contributed by atoms with van der Waals surface area (Å²) in [5.74, 6) is 2.05. The van der Waals surface area contributed by atoms with Gasteiger partial charge in [0.05, 0.1) is 6.61 Å². The first-order chi connectivity index (χ1) is 10.8. The van der Waals surface area contributed by atoms with Crippen LogP contribution in [-0.2, 0) is 13.0 Å². The van der Waals surface area contributed by atoms with Crippen molar-refractivity contribution < 1.29 is 4.74 Å². The molecule has 1 fully saturated rings. The predicted molar refractivity (Wildman–Crippen MR) is 92.4 cm³/mol. The molecule has 1 aliphatic carbocycles. The molecule has 22 heavy (non-hydrogen) atoms. The molecule has 1 aliphatic heterocycles. The minimum Gasteiger partial charge on any atom is -0.494 e. The van der Waals surface area contributed by atoms with Gasteiger partial charge in [-0.15, -0.1) is 0 Å². The van der Waals surface area contributed by atoms with Gasteiger partial charge in [0.15, 0.2) is 0 Å². The number of nitrogens with zero attached hydrogens (tertiary/aromatic N) is 1. The molecule has 1 saturated carbocycles. The van der Waals surface area contributed by atoms with E-state index in [-0.39, 0.29) is 0 Å². The second-order valence-electron chi connectivity index (χ2n) is 7.04. The Kier molecular flexibility index (Phi) is 5.77. The number of ether oxygens (including phenoxy) is 1. The van der Waals surface area contributed by atoms with Gasteiger partial charge in [-0.25, -0.2) is 0 Å². The van der Waals surface area contributed by atoms with Gasteiger partial charge in [0.1, 0.15) is 5.75 Å². The molecule has 3 rings (SSSR count). The summed E-state index contributed by atoms with van der Waals surface area (Å²) >= 11 is 0. The van der Waals surface area contributed by atoms with Gasteiger partial charge < -0.3 is 4.74 Å². The summed E-state index contributed by atoms with van der Waals surface area (Å²) in [7, 11) is 0. The van der Waals surface area contributed by atoms with E-state index in [4.69, 9.17) is 4.74 Å². The van der Waals surface area contributed by atoms with Crippen molar-refractivity contribution in [3.8, 4) is 5.75 Å². The van der Waals surface area contributed by atoms with E-state index in [1.807, 2.05) is 0 Å². The summed E-state index contributed by atoms with van der Waals surface area (Å²) in [5, 5.41) is 0. The largest absolute Gasteiger partial charge is 0.494 e. The monoisotopic (exact) mass is 301 g/mol. The molecule has 0 N–H and O–H groups in total. The lowest BCUT2D eigenvalue weighted by molar-refractivity contribution is 0.262. The van der Waals surface area contributed by atoms with Gasteiger partial charge in [-0.2, -0.15) is 0 Å². The van der Waals surface area contributed by atoms with E-state index in [0.29, 0.717) is 0 Å². The van der Waals surface area contributed by atoms with Crippen molar-refractivity contribution in [1.29, 1.82) is 0 Å². The Bertz CT molecular complexity index is 465. The van der Waals surface area contributed by atoms with Crippen molar-refractivity contribution in [3.63, 3.8) is 0 Å². The fraction of sp³-hybridized carbons (Fsp3) is 0.700. The SMILES string of the molecule is CCN1CCc2cc(OCCCC3CCCCC3)ccc2C1. The van der Waals surface area contributed by atoms with Crippen LogP contribution in [0.15, 0.2) is 18.2 Å². The maximum Gasteiger partial charge on any atom is 0.119 e. The molecule has 0 amide bonds. The fourth-order valence-electron chi connectivity index (χ4n) is 3.99. The van der Waals surface area contributed by atoms with Crippen LogP contribution in [0.1, 0.15) is 63.0 Å². The Morgan fingerprint density at radius 1 is 1.14 bits per heavy atom. The van der Waals surface area contributed by atoms with Crippen molar-refractivity contribution in [2.45, 2.75) is 64.8 Å². The molecular weight excluding hydrogens is 270 g/mol. The number of fused-ring (bicyclic) bond motifs is 1. The zero-order chi connectivity index (χ0) is 15.2. The lowest BCUT2D eigenvalue weighted by Gasteiger charge is -2.27. The van der Waals surface area contributed by atoms with E-state index in [2.05, 4.69) is 30.0 Å². The molecule has 1 heterocycles. The third-order valence-corrected chi connectivity index (χ3v) is 5.47. The lowest BCUT2D eigenvalue weighted by atomic mass is 9.86. The molecule has 0 unspecified atom stereocenters. The fourth-order valence-corrected chi connectivity index (χ4v) is 3.99. The van der Waals surface area contributed by atoms with Gasteiger partial charge in [-0.3, -0.25) is 4.90 Å². The van der Waals surface area contributed by atoms with Crippen LogP contribution in [0, 0.1) is 5.92 Å². The highest BCUT2D eigenvalue weighted by atomic mass is 16.5. The average Bonchev–Trinajstić information content (AvgIpc) is 2.59. The minimum absolute atomic E-state index is 0.885. The highest BCUT2D eigenvalue weighted by Gasteiger charge is 2.15. The summed E-state index contributed by atoms with van der Waals surface area (Å²) in [6.45, 7) is 6.58. The maximum absolute atomic E-state index is 6.00. The van der Waals surface area contributed by atoms with E-state index in [1.54, 1.807) is 0 Å². The molecule has 2 nitrogen and oxygen atoms in total. The van der Waals surface area contributed by atoms with E-state index >= 15 is 0 Å². The van der Waals surface area contributed by atoms with Crippen LogP contribution in [0.2, 0.25) is 0 Å². The van der Waals surface area contributed by atoms with Crippen molar-refractivity contribution in [2.24, 2.45) is 5.92 Å². The van der Waals surface area contributed by atoms with Crippen LogP contribution in [0.4, 0.5) is 0 Å². The maximum atomic E-state index is 6.00. The second-order valence-corrected chi connectivity index (χ2v) is 7.04. The smallest absolute Gasteiger partial charge is 0.119 e. The number of benzene rings is 1. The molecule has 0 bridgehead atoms. The zero-order valence-electron chi connectivity index (χ0n) is 14.2. The molecule has 0 radical (unpaired) electrons. The van der Waals surface area contributed by atoms with Gasteiger partial charge in [0, 0.05) is 13.1 Å². The highest BCUT2D eigenvalue weighted by molar-refractivity contribution is 5.37. The Morgan fingerprint density at radius 2 is 2.00 bits per heavy atom. The topological polar surface area (TPSA) is 12.5 Å². The molecule has 2 aliphatic rings. The van der Waals surface area contributed by atoms with Crippen LogP contribution in [0.5, 0.6) is 5.75 Å². The minimum atomic E-state index is 0.885. The third kappa shape index (κ3) is 4.25. The van der Waals surface area contributed by atoms with Gasteiger partial charge in [-0.1, -0.05) is 45.1 Å². The van der Waals surface area contributed by atoms with E-state index < -0.39 is 0 Å². The molecule has 122 valence electrons. The highest BCUT2D eigenvalue weighted by Crippen LogP contribution is 2.28. The molecule has 0 atom stereocenters. The summed E-state index contributed by atoms with van der Waals surface area (Å²) in [6, 6.07) is 6.72. The standard InChI is InChI=1S/C20H31NO/c1-2-21-13-12-18-15-20(11-10-19(18)16-21)22-14-6-9-17-7-4-3-5-8-17/h10-11,15,17H,2-9,12-14,16H2,1H3. The van der Waals surface area contributed by atoms with Gasteiger partial charge in [0.25, 0.3) is 0 Å². The zero-order valence-corrected chi connectivity index (χ0v) is 14.2. The quantitative estimate of drug-likeness (QED) is 0.700. The van der Waals surface area contributed by atoms with Gasteiger partial charge in [-0.05, 0) is 55.0 Å². The molecule has 1 aromatic rings. The molecule has 0 saturated heterocycles. The molecule has 1 aromatic carbocycles. The molecule has 0 spiro atoms. The van der Waals surface area contributed by atoms with Gasteiger partial charge in [0.2, 0.25) is 0 Å². The van der Waals surface area contributed by atoms with Crippen molar-refractivity contribution >= 4 is 0 Å². The van der Waals surface area contributed by atoms with E-state index in [0.717, 1.165) is 31.4 Å². The molecule has 0 aromatic heterocycles. The summed E-state index contributed by atoms with van der Waals surface area (Å²) < 4.78 is 6.00. The van der Waals surface area contributed by atoms with Crippen LogP contribution < -0.4 is 4.74 Å². The Morgan fingerprint density at radius 3 is 2.82 bits per heavy atom. The second kappa shape index (κ2) is 8.01. The normalized spacial score (nSPS) is 19.9. The van der Waals surface area contributed by atoms with Crippen molar-refractivity contribution in [3.05, 3.63) is 29.3 Å². The number of hydrogen-bond donors (Lipinski definition) is 0. The molecular formula is C20H31NO. The summed E-state index contributed by atoms with van der Waals surface area (Å²) in [5.41, 5.74) is 2.98. The van der Waals surface area contributed by atoms with Crippen LogP contribution in [0.3, 0.4) is 0 Å². The van der Waals surface area contributed by atoms with Crippen LogP contribution in [0.25, 0.3) is 0 Å². The Labute approximate surface area is 135 Å². The summed E-state index contributed by atoms with van der Waals surface area (Å²) in [6.07, 6.45) is 11.0. The average molecular weight is 301 g/mol.